The van der Waals surface area contributed by atoms with Gasteiger partial charge in [-0.15, -0.1) is 0 Å². The van der Waals surface area contributed by atoms with Gasteiger partial charge in [0.05, 0.1) is 5.39 Å². The molecule has 0 aliphatic rings. The predicted molar refractivity (Wildman–Crippen MR) is 108 cm³/mol. The number of nitrogens with one attached hydrogen (secondary N) is 1. The minimum absolute atomic E-state index is 0.00997. The van der Waals surface area contributed by atoms with E-state index in [1.807, 2.05) is 19.9 Å². The molecule has 1 amide bonds. The number of carbonyl (C=O) groups is 1. The van der Waals surface area contributed by atoms with Crippen molar-refractivity contribution in [1.29, 1.82) is 0 Å². The van der Waals surface area contributed by atoms with Crippen LogP contribution in [0.2, 0.25) is 0 Å². The molecule has 0 aliphatic heterocycles. The molecule has 0 spiro atoms. The van der Waals surface area contributed by atoms with Crippen LogP contribution in [0.4, 0.5) is 10.1 Å². The second kappa shape index (κ2) is 7.79. The fourth-order valence-corrected chi connectivity index (χ4v) is 2.84. The van der Waals surface area contributed by atoms with Gasteiger partial charge in [-0.25, -0.2) is 9.18 Å². The number of phenols is 1. The van der Waals surface area contributed by atoms with E-state index in [0.29, 0.717) is 12.0 Å². The van der Waals surface area contributed by atoms with Crippen LogP contribution in [0.25, 0.3) is 11.0 Å². The van der Waals surface area contributed by atoms with E-state index in [1.165, 1.54) is 31.2 Å². The fraction of sp³-hybridized carbons (Fsp3) is 0.182. The highest BCUT2D eigenvalue weighted by atomic mass is 19.1. The van der Waals surface area contributed by atoms with Gasteiger partial charge in [0.15, 0.2) is 11.4 Å². The third-order valence-corrected chi connectivity index (χ3v) is 4.55. The van der Waals surface area contributed by atoms with Crippen LogP contribution in [0.15, 0.2) is 51.2 Å². The average molecular weight is 397 g/mol. The summed E-state index contributed by atoms with van der Waals surface area (Å²) in [7, 11) is 0. The Labute approximate surface area is 165 Å². The molecule has 29 heavy (non-hydrogen) atoms. The monoisotopic (exact) mass is 397 g/mol. The number of benzene rings is 2. The van der Waals surface area contributed by atoms with Crippen LogP contribution in [-0.4, -0.2) is 16.1 Å². The molecular weight excluding hydrogens is 377 g/mol. The zero-order valence-corrected chi connectivity index (χ0v) is 16.2. The van der Waals surface area contributed by atoms with Gasteiger partial charge in [-0.2, -0.15) is 0 Å². The molecule has 0 radical (unpaired) electrons. The van der Waals surface area contributed by atoms with Crippen LogP contribution >= 0.6 is 0 Å². The van der Waals surface area contributed by atoms with E-state index >= 15 is 0 Å². The quantitative estimate of drug-likeness (QED) is 0.447. The Morgan fingerprint density at radius 1 is 1.21 bits per heavy atom. The SMILES string of the molecule is CC(C)=CCc1ccc(C(=O)Nc2c(O)c3ccc(O)c(C)c3oc2=O)cc1F. The number of anilines is 1. The zero-order chi connectivity index (χ0) is 21.3. The number of aromatic hydroxyl groups is 2. The van der Waals surface area contributed by atoms with Crippen LogP contribution in [0.1, 0.15) is 35.3 Å². The minimum atomic E-state index is -0.988. The average Bonchev–Trinajstić information content (AvgIpc) is 2.67. The lowest BCUT2D eigenvalue weighted by atomic mass is 10.1. The highest BCUT2D eigenvalue weighted by Gasteiger charge is 2.19. The van der Waals surface area contributed by atoms with Gasteiger partial charge in [0.2, 0.25) is 0 Å². The molecule has 6 nitrogen and oxygen atoms in total. The number of carbonyl (C=O) groups excluding carboxylic acids is 1. The molecule has 0 atom stereocenters. The van der Waals surface area contributed by atoms with Gasteiger partial charge >= 0.3 is 5.63 Å². The molecule has 0 saturated heterocycles. The minimum Gasteiger partial charge on any atom is -0.508 e. The Balaban J connectivity index is 1.94. The topological polar surface area (TPSA) is 99.8 Å². The summed E-state index contributed by atoms with van der Waals surface area (Å²) in [5.41, 5.74) is 0.324. The smallest absolute Gasteiger partial charge is 0.364 e. The lowest BCUT2D eigenvalue weighted by Crippen LogP contribution is -2.18. The summed E-state index contributed by atoms with van der Waals surface area (Å²) in [6.45, 7) is 5.34. The van der Waals surface area contributed by atoms with Crippen molar-refractivity contribution in [1.82, 2.24) is 0 Å². The van der Waals surface area contributed by atoms with Crippen molar-refractivity contribution in [3.8, 4) is 11.5 Å². The third kappa shape index (κ3) is 3.99. The highest BCUT2D eigenvalue weighted by molar-refractivity contribution is 6.06. The van der Waals surface area contributed by atoms with Gasteiger partial charge in [0.25, 0.3) is 5.91 Å². The van der Waals surface area contributed by atoms with Crippen molar-refractivity contribution < 1.29 is 23.8 Å². The summed E-state index contributed by atoms with van der Waals surface area (Å²) >= 11 is 0. The molecule has 0 fully saturated rings. The lowest BCUT2D eigenvalue weighted by molar-refractivity contribution is 0.102. The van der Waals surface area contributed by atoms with E-state index in [1.54, 1.807) is 0 Å². The predicted octanol–water partition coefficient (Wildman–Crippen LogP) is 4.41. The van der Waals surface area contributed by atoms with E-state index in [9.17, 15) is 24.2 Å². The van der Waals surface area contributed by atoms with Crippen molar-refractivity contribution in [3.63, 3.8) is 0 Å². The molecule has 3 rings (SSSR count). The van der Waals surface area contributed by atoms with Crippen LogP contribution in [0.5, 0.6) is 11.5 Å². The van der Waals surface area contributed by atoms with Gasteiger partial charge in [0, 0.05) is 11.1 Å². The first-order valence-electron chi connectivity index (χ1n) is 8.90. The van der Waals surface area contributed by atoms with Crippen LogP contribution < -0.4 is 10.9 Å². The molecule has 2 aromatic carbocycles. The Morgan fingerprint density at radius 3 is 2.59 bits per heavy atom. The molecule has 150 valence electrons. The Kier molecular flexibility index (Phi) is 5.41. The number of hydrogen-bond acceptors (Lipinski definition) is 5. The van der Waals surface area contributed by atoms with Crippen molar-refractivity contribution in [2.75, 3.05) is 5.32 Å². The maximum absolute atomic E-state index is 14.3. The van der Waals surface area contributed by atoms with Gasteiger partial charge in [0.1, 0.15) is 17.1 Å². The molecule has 0 aliphatic carbocycles. The second-order valence-corrected chi connectivity index (χ2v) is 6.95. The number of halogens is 1. The Hall–Kier alpha value is -3.61. The molecule has 1 heterocycles. The molecule has 3 N–H and O–H groups in total. The van der Waals surface area contributed by atoms with Crippen LogP contribution in [0.3, 0.4) is 0 Å². The summed E-state index contributed by atoms with van der Waals surface area (Å²) in [5, 5.41) is 22.6. The molecule has 3 aromatic rings. The summed E-state index contributed by atoms with van der Waals surface area (Å²) in [6, 6.07) is 6.71. The van der Waals surface area contributed by atoms with E-state index in [0.717, 1.165) is 11.6 Å². The lowest BCUT2D eigenvalue weighted by Gasteiger charge is -2.10. The highest BCUT2D eigenvalue weighted by Crippen LogP contribution is 2.34. The van der Waals surface area contributed by atoms with Crippen molar-refractivity contribution in [3.05, 3.63) is 74.9 Å². The second-order valence-electron chi connectivity index (χ2n) is 6.95. The maximum Gasteiger partial charge on any atom is 0.364 e. The number of amides is 1. The first-order valence-corrected chi connectivity index (χ1v) is 8.90. The number of allylic oxidation sites excluding steroid dienone is 2. The van der Waals surface area contributed by atoms with Gasteiger partial charge in [-0.1, -0.05) is 17.7 Å². The van der Waals surface area contributed by atoms with Crippen molar-refractivity contribution in [2.24, 2.45) is 0 Å². The standard InChI is InChI=1S/C22H20FNO5/c1-11(2)4-5-13-6-7-14(10-16(13)23)21(27)24-18-19(26)15-8-9-17(25)12(3)20(15)29-22(18)28/h4,6-10,25-26H,5H2,1-3H3,(H,24,27). The van der Waals surface area contributed by atoms with Gasteiger partial charge in [-0.3, -0.25) is 4.79 Å². The molecular formula is C22H20FNO5. The van der Waals surface area contributed by atoms with Crippen LogP contribution in [-0.2, 0) is 6.42 Å². The van der Waals surface area contributed by atoms with Gasteiger partial charge < -0.3 is 19.9 Å². The summed E-state index contributed by atoms with van der Waals surface area (Å²) in [4.78, 5) is 24.7. The zero-order valence-electron chi connectivity index (χ0n) is 16.2. The van der Waals surface area contributed by atoms with E-state index in [-0.39, 0.29) is 27.8 Å². The van der Waals surface area contributed by atoms with Crippen molar-refractivity contribution in [2.45, 2.75) is 27.2 Å². The largest absolute Gasteiger partial charge is 0.508 e. The third-order valence-electron chi connectivity index (χ3n) is 4.55. The number of aryl methyl sites for hydroxylation is 1. The van der Waals surface area contributed by atoms with Crippen molar-refractivity contribution >= 4 is 22.6 Å². The fourth-order valence-electron chi connectivity index (χ4n) is 2.84. The first kappa shape index (κ1) is 20.1. The Morgan fingerprint density at radius 2 is 1.93 bits per heavy atom. The van der Waals surface area contributed by atoms with Crippen LogP contribution in [0, 0.1) is 12.7 Å². The Bertz CT molecular complexity index is 1210. The van der Waals surface area contributed by atoms with E-state index in [4.69, 9.17) is 4.42 Å². The number of hydrogen-bond donors (Lipinski definition) is 3. The normalized spacial score (nSPS) is 10.8. The van der Waals surface area contributed by atoms with E-state index in [2.05, 4.69) is 5.32 Å². The van der Waals surface area contributed by atoms with Gasteiger partial charge in [-0.05, 0) is 57.0 Å². The summed E-state index contributed by atoms with van der Waals surface area (Å²) in [6.07, 6.45) is 2.27. The summed E-state index contributed by atoms with van der Waals surface area (Å²) in [5.74, 6) is -1.90. The first-order chi connectivity index (χ1) is 13.7. The van der Waals surface area contributed by atoms with E-state index < -0.39 is 28.8 Å². The number of rotatable bonds is 4. The molecule has 7 heteroatoms. The maximum atomic E-state index is 14.3. The molecule has 0 saturated carbocycles. The summed E-state index contributed by atoms with van der Waals surface area (Å²) < 4.78 is 19.4. The number of phenolic OH excluding ortho intramolecular Hbond substituents is 1. The number of fused-ring (bicyclic) bond motifs is 1. The molecule has 0 bridgehead atoms. The molecule has 1 aromatic heterocycles. The molecule has 0 unspecified atom stereocenters.